The Morgan fingerprint density at radius 1 is 1.00 bits per heavy atom. The van der Waals surface area contributed by atoms with E-state index in [9.17, 15) is 15.0 Å². The van der Waals surface area contributed by atoms with Gasteiger partial charge in [0.15, 0.2) is 0 Å². The zero-order valence-corrected chi connectivity index (χ0v) is 19.1. The molecule has 34 heavy (non-hydrogen) atoms. The van der Waals surface area contributed by atoms with Gasteiger partial charge in [-0.05, 0) is 48.7 Å². The molecule has 0 amide bonds. The minimum Gasteiger partial charge on any atom is -0.506 e. The van der Waals surface area contributed by atoms with Crippen LogP contribution in [0.5, 0.6) is 5.75 Å². The van der Waals surface area contributed by atoms with Crippen molar-refractivity contribution >= 4 is 16.6 Å². The number of aromatic nitrogens is 1. The van der Waals surface area contributed by atoms with E-state index in [2.05, 4.69) is 15.6 Å². The maximum atomic E-state index is 11.6. The summed E-state index contributed by atoms with van der Waals surface area (Å²) in [5.74, 6) is -0.0364. The molecule has 0 aliphatic rings. The summed E-state index contributed by atoms with van der Waals surface area (Å²) in [6, 6.07) is 24.2. The zero-order chi connectivity index (χ0) is 24.1. The van der Waals surface area contributed by atoms with Crippen molar-refractivity contribution in [1.29, 1.82) is 0 Å². The van der Waals surface area contributed by atoms with Gasteiger partial charge in [0.1, 0.15) is 11.5 Å². The maximum Gasteiger partial charge on any atom is 0.248 e. The van der Waals surface area contributed by atoms with Gasteiger partial charge in [0, 0.05) is 41.8 Å². The number of phenolic OH excluding ortho intramolecular Hbond substituents is 1. The van der Waals surface area contributed by atoms with Crippen LogP contribution >= 0.6 is 0 Å². The Morgan fingerprint density at radius 3 is 2.47 bits per heavy atom. The molecule has 2 atom stereocenters. The third-order valence-electron chi connectivity index (χ3n) is 5.99. The monoisotopic (exact) mass is 458 g/mol. The Labute approximate surface area is 198 Å². The van der Waals surface area contributed by atoms with Crippen LogP contribution in [0, 0.1) is 0 Å². The van der Waals surface area contributed by atoms with Crippen molar-refractivity contribution in [3.05, 3.63) is 106 Å². The Morgan fingerprint density at radius 2 is 1.74 bits per heavy atom. The van der Waals surface area contributed by atoms with Crippen molar-refractivity contribution in [2.75, 3.05) is 18.4 Å². The van der Waals surface area contributed by atoms with E-state index in [1.807, 2.05) is 54.6 Å². The van der Waals surface area contributed by atoms with Gasteiger partial charge in [-0.15, -0.1) is 0 Å². The number of phenols is 1. The summed E-state index contributed by atoms with van der Waals surface area (Å²) in [7, 11) is 0. The molecule has 0 radical (unpaired) electrons. The van der Waals surface area contributed by atoms with E-state index in [0.29, 0.717) is 36.0 Å². The van der Waals surface area contributed by atoms with Gasteiger partial charge >= 0.3 is 0 Å². The minimum absolute atomic E-state index is 0.0364. The van der Waals surface area contributed by atoms with E-state index in [-0.39, 0.29) is 17.4 Å². The molecule has 4 rings (SSSR count). The van der Waals surface area contributed by atoms with Crippen LogP contribution in [-0.4, -0.2) is 28.3 Å². The highest BCUT2D eigenvalue weighted by atomic mass is 16.3. The van der Waals surface area contributed by atoms with E-state index < -0.39 is 5.72 Å². The van der Waals surface area contributed by atoms with Crippen LogP contribution in [0.1, 0.15) is 29.7 Å². The molecule has 0 aliphatic heterocycles. The number of nitrogens with one attached hydrogen (secondary N) is 3. The summed E-state index contributed by atoms with van der Waals surface area (Å²) in [6.07, 6.45) is 0.715. The second-order valence-electron chi connectivity index (χ2n) is 8.59. The Bertz CT molecular complexity index is 1300. The number of H-pyrrole nitrogens is 1. The van der Waals surface area contributed by atoms with Crippen LogP contribution in [0.25, 0.3) is 10.9 Å². The SMILES string of the molecule is C[C@](O)(NCCc1ccc(NC[C@@H](N)c2ccccc2)cc1)c1ccc(O)c2[nH]c(=O)ccc12. The number of rotatable bonds is 9. The molecule has 0 saturated heterocycles. The van der Waals surface area contributed by atoms with Gasteiger partial charge in [-0.1, -0.05) is 48.5 Å². The quantitative estimate of drug-likeness (QED) is 0.214. The molecular weight excluding hydrogens is 428 g/mol. The van der Waals surface area contributed by atoms with Crippen molar-refractivity contribution in [2.45, 2.75) is 25.1 Å². The lowest BCUT2D eigenvalue weighted by Gasteiger charge is -2.27. The predicted octanol–water partition coefficient (Wildman–Crippen LogP) is 3.34. The topological polar surface area (TPSA) is 123 Å². The summed E-state index contributed by atoms with van der Waals surface area (Å²) >= 11 is 0. The van der Waals surface area contributed by atoms with Crippen LogP contribution < -0.4 is 21.9 Å². The predicted molar refractivity (Wildman–Crippen MR) is 136 cm³/mol. The number of nitrogens with two attached hydrogens (primary N) is 1. The lowest BCUT2D eigenvalue weighted by atomic mass is 9.98. The first-order chi connectivity index (χ1) is 16.3. The van der Waals surface area contributed by atoms with Gasteiger partial charge in [-0.3, -0.25) is 10.1 Å². The number of aromatic amines is 1. The highest BCUT2D eigenvalue weighted by Gasteiger charge is 2.25. The van der Waals surface area contributed by atoms with Crippen molar-refractivity contribution in [1.82, 2.24) is 10.3 Å². The number of hydrogen-bond donors (Lipinski definition) is 6. The van der Waals surface area contributed by atoms with Crippen LogP contribution in [0.3, 0.4) is 0 Å². The molecule has 7 nitrogen and oxygen atoms in total. The molecule has 0 unspecified atom stereocenters. The molecule has 1 heterocycles. The van der Waals surface area contributed by atoms with E-state index in [4.69, 9.17) is 5.73 Å². The molecule has 7 heteroatoms. The smallest absolute Gasteiger partial charge is 0.248 e. The van der Waals surface area contributed by atoms with Crippen LogP contribution in [0.15, 0.2) is 83.7 Å². The van der Waals surface area contributed by atoms with Gasteiger partial charge in [0.25, 0.3) is 0 Å². The molecule has 4 aromatic rings. The first-order valence-electron chi connectivity index (χ1n) is 11.3. The molecule has 0 saturated carbocycles. The molecule has 0 bridgehead atoms. The lowest BCUT2D eigenvalue weighted by Crippen LogP contribution is -2.40. The average molecular weight is 459 g/mol. The van der Waals surface area contributed by atoms with Crippen molar-refractivity contribution in [3.63, 3.8) is 0 Å². The fourth-order valence-corrected chi connectivity index (χ4v) is 4.04. The fourth-order valence-electron chi connectivity index (χ4n) is 4.04. The Kier molecular flexibility index (Phi) is 6.98. The van der Waals surface area contributed by atoms with Crippen LogP contribution in [0.2, 0.25) is 0 Å². The normalized spacial score (nSPS) is 14.0. The van der Waals surface area contributed by atoms with E-state index in [1.165, 1.54) is 12.1 Å². The second-order valence-corrected chi connectivity index (χ2v) is 8.59. The van der Waals surface area contributed by atoms with E-state index in [0.717, 1.165) is 16.8 Å². The molecule has 0 fully saturated rings. The van der Waals surface area contributed by atoms with Crippen molar-refractivity contribution < 1.29 is 10.2 Å². The lowest BCUT2D eigenvalue weighted by molar-refractivity contribution is 0.0221. The number of hydrogen-bond acceptors (Lipinski definition) is 6. The first-order valence-corrected chi connectivity index (χ1v) is 11.3. The number of aliphatic hydroxyl groups is 1. The van der Waals surface area contributed by atoms with Gasteiger partial charge < -0.3 is 26.2 Å². The molecule has 1 aromatic heterocycles. The van der Waals surface area contributed by atoms with Gasteiger partial charge in [-0.25, -0.2) is 0 Å². The van der Waals surface area contributed by atoms with Crippen LogP contribution in [-0.2, 0) is 12.1 Å². The molecule has 176 valence electrons. The average Bonchev–Trinajstić information content (AvgIpc) is 2.84. The number of aromatic hydroxyl groups is 1. The van der Waals surface area contributed by atoms with E-state index in [1.54, 1.807) is 19.1 Å². The number of fused-ring (bicyclic) bond motifs is 1. The number of pyridine rings is 1. The fraction of sp³-hybridized carbons (Fsp3) is 0.222. The molecule has 0 aliphatic carbocycles. The minimum atomic E-state index is -1.35. The summed E-state index contributed by atoms with van der Waals surface area (Å²) in [4.78, 5) is 14.3. The maximum absolute atomic E-state index is 11.6. The Balaban J connectivity index is 1.34. The van der Waals surface area contributed by atoms with Crippen molar-refractivity contribution in [2.24, 2.45) is 5.73 Å². The van der Waals surface area contributed by atoms with Gasteiger partial charge in [0.2, 0.25) is 5.56 Å². The summed E-state index contributed by atoms with van der Waals surface area (Å²) in [6.45, 7) is 2.83. The largest absolute Gasteiger partial charge is 0.506 e. The third kappa shape index (κ3) is 5.46. The van der Waals surface area contributed by atoms with Gasteiger partial charge in [-0.2, -0.15) is 0 Å². The number of benzene rings is 3. The molecule has 7 N–H and O–H groups in total. The van der Waals surface area contributed by atoms with Crippen LogP contribution in [0.4, 0.5) is 5.69 Å². The zero-order valence-electron chi connectivity index (χ0n) is 19.1. The van der Waals surface area contributed by atoms with Gasteiger partial charge in [0.05, 0.1) is 5.52 Å². The highest BCUT2D eigenvalue weighted by molar-refractivity contribution is 5.87. The first kappa shape index (κ1) is 23.5. The summed E-state index contributed by atoms with van der Waals surface area (Å²) in [5.41, 5.74) is 8.69. The molecule has 3 aromatic carbocycles. The Hall–Kier alpha value is -3.65. The second kappa shape index (κ2) is 10.1. The highest BCUT2D eigenvalue weighted by Crippen LogP contribution is 2.30. The molecular formula is C27H30N4O3. The van der Waals surface area contributed by atoms with Crippen molar-refractivity contribution in [3.8, 4) is 5.75 Å². The standard InChI is InChI=1S/C27H30N4O3/c1-27(34,22-12-13-24(32)26-21(22)11-14-25(33)31-26)30-16-15-18-7-9-20(10-8-18)29-17-23(28)19-5-3-2-4-6-19/h2-14,23,29-30,32,34H,15-17,28H2,1H3,(H,31,33)/t23-,27-/m1/s1. The summed E-state index contributed by atoms with van der Waals surface area (Å²) < 4.78 is 0. The third-order valence-corrected chi connectivity index (χ3v) is 5.99. The molecule has 0 spiro atoms. The van der Waals surface area contributed by atoms with E-state index >= 15 is 0 Å². The number of anilines is 1. The summed E-state index contributed by atoms with van der Waals surface area (Å²) in [5, 5.41) is 28.3.